The van der Waals surface area contributed by atoms with Gasteiger partial charge in [-0.1, -0.05) is 39.3 Å². The molecule has 0 aromatic carbocycles. The highest BCUT2D eigenvalue weighted by Crippen LogP contribution is 2.71. The van der Waals surface area contributed by atoms with Gasteiger partial charge in [-0.2, -0.15) is 0 Å². The number of aliphatic hydroxyl groups excluding tert-OH is 5. The van der Waals surface area contributed by atoms with Crippen LogP contribution in [0.3, 0.4) is 0 Å². The van der Waals surface area contributed by atoms with Crippen LogP contribution in [0, 0.1) is 46.3 Å². The second-order valence-electron chi connectivity index (χ2n) is 18.9. The second kappa shape index (κ2) is 14.2. The van der Waals surface area contributed by atoms with Crippen molar-refractivity contribution in [2.75, 3.05) is 6.61 Å². The molecule has 1 spiro atoms. The van der Waals surface area contributed by atoms with Gasteiger partial charge in [0.25, 0.3) is 0 Å². The van der Waals surface area contributed by atoms with E-state index in [9.17, 15) is 30.3 Å². The summed E-state index contributed by atoms with van der Waals surface area (Å²) in [6, 6.07) is 0. The molecule has 7 fully saturated rings. The molecule has 0 amide bonds. The average Bonchev–Trinajstić information content (AvgIpc) is 3.56. The van der Waals surface area contributed by atoms with E-state index in [1.807, 2.05) is 0 Å². The number of carbonyl (C=O) groups is 1. The fourth-order valence-electron chi connectivity index (χ4n) is 12.9. The monoisotopic (exact) mass is 764 g/mol. The summed E-state index contributed by atoms with van der Waals surface area (Å²) < 4.78 is 43.9. The molecule has 54 heavy (non-hydrogen) atoms. The van der Waals surface area contributed by atoms with Gasteiger partial charge in [-0.25, -0.2) is 0 Å². The molecular formula is C41H64O13. The van der Waals surface area contributed by atoms with Gasteiger partial charge in [0.2, 0.25) is 0 Å². The molecule has 8 rings (SSSR count). The summed E-state index contributed by atoms with van der Waals surface area (Å²) in [6.07, 6.45) is -4.40. The maximum atomic E-state index is 11.8. The molecule has 8 aliphatic rings. The predicted octanol–water partition coefficient (Wildman–Crippen LogP) is 2.96. The molecule has 13 heteroatoms. The fraction of sp³-hybridized carbons (Fsp3) is 0.927. The molecule has 3 saturated carbocycles. The van der Waals surface area contributed by atoms with E-state index in [1.54, 1.807) is 13.8 Å². The first-order valence-corrected chi connectivity index (χ1v) is 20.7. The summed E-state index contributed by atoms with van der Waals surface area (Å²) in [4.78, 5) is 11.8. The van der Waals surface area contributed by atoms with Crippen LogP contribution in [0.1, 0.15) is 99.8 Å². The third kappa shape index (κ3) is 6.17. The van der Waals surface area contributed by atoms with Gasteiger partial charge < -0.3 is 58.7 Å². The SMILES string of the molecule is CC(=O)O[C@@H]1[C@H](O)[C@@H](O[C@@H]2[C@@H](O[C@H]3C[C@@H](O)CC4=CC[C@@H]5[C@H]6C[C@H]7O[C@@]8(CC[C@H](C)CO8)[C@H](C)[C@H]7[C@]6(C)CC[C@H]5[C@@]43C)O[C@@H](C)[C@@H](O)[C@H]2O)O[C@H](C)[C@H]1O. The quantitative estimate of drug-likeness (QED) is 0.204. The Morgan fingerprint density at radius 1 is 0.833 bits per heavy atom. The Labute approximate surface area is 319 Å². The van der Waals surface area contributed by atoms with Crippen LogP contribution >= 0.6 is 0 Å². The standard InChI is InChI=1S/C41H64O13/c1-18-10-13-41(48-17-18)19(2)30-28(54-41)16-27-25-9-8-23-14-24(43)15-29(40(23,7)26(25)11-12-39(27,30)6)52-38-36(33(46)31(44)20(3)50-38)53-37-34(47)35(51-22(5)42)32(45)21(4)49-37/h8,18-21,24-38,43-47H,9-17H2,1-7H3/t18-,19+,20-,21+,24-,25-,26+,27+,28+,29-,30+,31+,32+,33+,34-,35-,36-,37+,38+,39+,40+,41-/m0/s1. The van der Waals surface area contributed by atoms with Crippen LogP contribution in [-0.2, 0) is 38.0 Å². The number of carbonyl (C=O) groups excluding carboxylic acids is 1. The Kier molecular flexibility index (Phi) is 10.4. The molecule has 306 valence electrons. The van der Waals surface area contributed by atoms with E-state index in [0.29, 0.717) is 42.4 Å². The minimum absolute atomic E-state index is 0.115. The summed E-state index contributed by atoms with van der Waals surface area (Å²) in [6.45, 7) is 14.5. The molecule has 22 atom stereocenters. The van der Waals surface area contributed by atoms with Crippen LogP contribution in [0.4, 0.5) is 0 Å². The molecule has 4 aliphatic carbocycles. The summed E-state index contributed by atoms with van der Waals surface area (Å²) in [5.74, 6) is 1.27. The molecule has 0 aromatic rings. The first-order valence-electron chi connectivity index (χ1n) is 20.7. The third-order valence-electron chi connectivity index (χ3n) is 15.9. The lowest BCUT2D eigenvalue weighted by atomic mass is 9.46. The Morgan fingerprint density at radius 3 is 2.26 bits per heavy atom. The highest BCUT2D eigenvalue weighted by molar-refractivity contribution is 5.66. The van der Waals surface area contributed by atoms with Crippen LogP contribution in [0.15, 0.2) is 11.6 Å². The van der Waals surface area contributed by atoms with Crippen molar-refractivity contribution in [3.05, 3.63) is 11.6 Å². The Hall–Kier alpha value is -1.23. The molecule has 4 heterocycles. The molecule has 4 saturated heterocycles. The Morgan fingerprint density at radius 2 is 1.56 bits per heavy atom. The van der Waals surface area contributed by atoms with E-state index in [0.717, 1.165) is 45.1 Å². The number of fused-ring (bicyclic) bond motifs is 7. The van der Waals surface area contributed by atoms with Crippen LogP contribution in [-0.4, -0.2) is 124 Å². The fourth-order valence-corrected chi connectivity index (χ4v) is 12.9. The number of rotatable bonds is 5. The van der Waals surface area contributed by atoms with Gasteiger partial charge in [-0.3, -0.25) is 4.79 Å². The first kappa shape index (κ1) is 39.6. The topological polar surface area (TPSA) is 183 Å². The molecule has 0 bridgehead atoms. The van der Waals surface area contributed by atoms with Crippen molar-refractivity contribution >= 4 is 5.97 Å². The molecule has 13 nitrogen and oxygen atoms in total. The largest absolute Gasteiger partial charge is 0.457 e. The highest BCUT2D eigenvalue weighted by Gasteiger charge is 2.69. The summed E-state index contributed by atoms with van der Waals surface area (Å²) >= 11 is 0. The number of hydrogen-bond donors (Lipinski definition) is 5. The van der Waals surface area contributed by atoms with Gasteiger partial charge in [0.1, 0.15) is 30.5 Å². The van der Waals surface area contributed by atoms with Crippen molar-refractivity contribution in [1.82, 2.24) is 0 Å². The van der Waals surface area contributed by atoms with E-state index in [2.05, 4.69) is 33.8 Å². The van der Waals surface area contributed by atoms with Crippen molar-refractivity contribution in [1.29, 1.82) is 0 Å². The maximum absolute atomic E-state index is 11.8. The number of hydrogen-bond acceptors (Lipinski definition) is 13. The number of aliphatic hydroxyl groups is 5. The summed E-state index contributed by atoms with van der Waals surface area (Å²) in [7, 11) is 0. The molecule has 5 N–H and O–H groups in total. The van der Waals surface area contributed by atoms with Crippen LogP contribution in [0.2, 0.25) is 0 Å². The van der Waals surface area contributed by atoms with Gasteiger partial charge >= 0.3 is 5.97 Å². The van der Waals surface area contributed by atoms with Crippen molar-refractivity contribution in [2.24, 2.45) is 46.3 Å². The van der Waals surface area contributed by atoms with Gasteiger partial charge in [-0.15, -0.1) is 0 Å². The van der Waals surface area contributed by atoms with Gasteiger partial charge in [-0.05, 0) is 87.4 Å². The normalized spacial score (nSPS) is 57.0. The Bertz CT molecular complexity index is 1430. The van der Waals surface area contributed by atoms with Crippen molar-refractivity contribution in [3.8, 4) is 0 Å². The molecule has 0 radical (unpaired) electrons. The van der Waals surface area contributed by atoms with Crippen LogP contribution in [0.25, 0.3) is 0 Å². The Balaban J connectivity index is 1.05. The third-order valence-corrected chi connectivity index (χ3v) is 15.9. The summed E-state index contributed by atoms with van der Waals surface area (Å²) in [5.41, 5.74) is 0.849. The lowest BCUT2D eigenvalue weighted by molar-refractivity contribution is -0.371. The van der Waals surface area contributed by atoms with E-state index in [1.165, 1.54) is 12.5 Å². The van der Waals surface area contributed by atoms with Crippen molar-refractivity contribution in [2.45, 2.75) is 185 Å². The van der Waals surface area contributed by atoms with Crippen molar-refractivity contribution < 1.29 is 63.5 Å². The van der Waals surface area contributed by atoms with E-state index >= 15 is 0 Å². The molecule has 4 aliphatic heterocycles. The minimum Gasteiger partial charge on any atom is -0.457 e. The zero-order chi connectivity index (χ0) is 38.6. The second-order valence-corrected chi connectivity index (χ2v) is 18.9. The van der Waals surface area contributed by atoms with E-state index in [-0.39, 0.29) is 17.4 Å². The number of esters is 1. The smallest absolute Gasteiger partial charge is 0.303 e. The van der Waals surface area contributed by atoms with Gasteiger partial charge in [0.05, 0.1) is 37.1 Å². The molecule has 0 unspecified atom stereocenters. The van der Waals surface area contributed by atoms with E-state index < -0.39 is 90.8 Å². The lowest BCUT2D eigenvalue weighted by Gasteiger charge is -2.60. The van der Waals surface area contributed by atoms with Gasteiger partial charge in [0, 0.05) is 31.1 Å². The lowest BCUT2D eigenvalue weighted by Crippen LogP contribution is -2.65. The van der Waals surface area contributed by atoms with Gasteiger partial charge in [0.15, 0.2) is 24.5 Å². The average molecular weight is 765 g/mol. The zero-order valence-corrected chi connectivity index (χ0v) is 32.9. The number of allylic oxidation sites excluding steroid dienone is 1. The summed E-state index contributed by atoms with van der Waals surface area (Å²) in [5, 5.41) is 55.4. The zero-order valence-electron chi connectivity index (χ0n) is 32.9. The van der Waals surface area contributed by atoms with Crippen molar-refractivity contribution in [3.63, 3.8) is 0 Å². The molecule has 0 aromatic heterocycles. The first-order chi connectivity index (χ1) is 25.5. The number of ether oxygens (including phenoxy) is 7. The maximum Gasteiger partial charge on any atom is 0.303 e. The predicted molar refractivity (Wildman–Crippen MR) is 191 cm³/mol. The minimum atomic E-state index is -1.61. The van der Waals surface area contributed by atoms with E-state index in [4.69, 9.17) is 33.2 Å². The van der Waals surface area contributed by atoms with Crippen LogP contribution < -0.4 is 0 Å². The van der Waals surface area contributed by atoms with Crippen LogP contribution in [0.5, 0.6) is 0 Å². The highest BCUT2D eigenvalue weighted by atomic mass is 16.8. The molecular weight excluding hydrogens is 700 g/mol.